The Hall–Kier alpha value is -3.42. The normalized spacial score (nSPS) is 19.3. The van der Waals surface area contributed by atoms with E-state index in [-0.39, 0.29) is 24.7 Å². The van der Waals surface area contributed by atoms with E-state index in [2.05, 4.69) is 17.4 Å². The van der Waals surface area contributed by atoms with Gasteiger partial charge in [-0.1, -0.05) is 72.8 Å². The molecule has 0 radical (unpaired) electrons. The first-order valence-electron chi connectivity index (χ1n) is 12.3. The number of hydrogen-bond acceptors (Lipinski definition) is 5. The Morgan fingerprint density at radius 3 is 2.14 bits per heavy atom. The van der Waals surface area contributed by atoms with Crippen molar-refractivity contribution in [2.45, 2.75) is 36.4 Å². The zero-order chi connectivity index (χ0) is 25.5. The van der Waals surface area contributed by atoms with E-state index in [0.29, 0.717) is 11.3 Å². The molecule has 37 heavy (non-hydrogen) atoms. The summed E-state index contributed by atoms with van der Waals surface area (Å²) < 4.78 is 12.8. The van der Waals surface area contributed by atoms with E-state index < -0.39 is 6.29 Å². The van der Waals surface area contributed by atoms with Crippen molar-refractivity contribution in [1.82, 2.24) is 0 Å². The second kappa shape index (κ2) is 12.2. The van der Waals surface area contributed by atoms with Gasteiger partial charge in [0, 0.05) is 33.9 Å². The molecule has 6 heteroatoms. The predicted molar refractivity (Wildman–Crippen MR) is 146 cm³/mol. The fraction of sp³-hybridized carbons (Fsp3) is 0.194. The lowest BCUT2D eigenvalue weighted by atomic mass is 10.0. The van der Waals surface area contributed by atoms with Crippen molar-refractivity contribution in [2.75, 3.05) is 11.1 Å². The molecule has 1 aliphatic rings. The summed E-state index contributed by atoms with van der Waals surface area (Å²) in [7, 11) is 0. The van der Waals surface area contributed by atoms with Crippen LogP contribution in [0.3, 0.4) is 0 Å². The van der Waals surface area contributed by atoms with Gasteiger partial charge in [-0.15, -0.1) is 11.8 Å². The van der Waals surface area contributed by atoms with Crippen molar-refractivity contribution in [3.63, 3.8) is 0 Å². The van der Waals surface area contributed by atoms with Gasteiger partial charge in [0.05, 0.1) is 18.8 Å². The fourth-order valence-corrected chi connectivity index (χ4v) is 5.19. The number of benzene rings is 4. The van der Waals surface area contributed by atoms with E-state index in [1.54, 1.807) is 23.9 Å². The van der Waals surface area contributed by atoms with Gasteiger partial charge < -0.3 is 19.9 Å². The maximum atomic E-state index is 12.5. The Morgan fingerprint density at radius 2 is 1.46 bits per heavy atom. The zero-order valence-electron chi connectivity index (χ0n) is 20.3. The highest BCUT2D eigenvalue weighted by Gasteiger charge is 2.32. The number of nitrogens with one attached hydrogen (secondary N) is 1. The van der Waals surface area contributed by atoms with E-state index in [1.807, 2.05) is 84.9 Å². The Bertz CT molecular complexity index is 1280. The summed E-state index contributed by atoms with van der Waals surface area (Å²) >= 11 is 1.77. The Labute approximate surface area is 221 Å². The molecule has 0 aliphatic carbocycles. The van der Waals surface area contributed by atoms with Gasteiger partial charge in [-0.25, -0.2) is 0 Å². The molecule has 1 saturated heterocycles. The van der Waals surface area contributed by atoms with E-state index >= 15 is 0 Å². The molecule has 1 amide bonds. The van der Waals surface area contributed by atoms with Crippen molar-refractivity contribution in [1.29, 1.82) is 0 Å². The number of hydrogen-bond donors (Lipinski definition) is 2. The third-order valence-corrected chi connectivity index (χ3v) is 7.41. The molecular formula is C31H29NO4S. The van der Waals surface area contributed by atoms with Crippen molar-refractivity contribution in [3.8, 4) is 0 Å². The van der Waals surface area contributed by atoms with Crippen molar-refractivity contribution >= 4 is 23.4 Å². The molecule has 188 valence electrons. The molecule has 0 bridgehead atoms. The summed E-state index contributed by atoms with van der Waals surface area (Å²) in [6.45, 7) is 0.0149. The molecular weight excluding hydrogens is 482 g/mol. The number of aliphatic hydroxyl groups excluding tert-OH is 1. The molecule has 3 atom stereocenters. The van der Waals surface area contributed by atoms with E-state index in [9.17, 15) is 9.90 Å². The van der Waals surface area contributed by atoms with Crippen LogP contribution >= 0.6 is 11.8 Å². The number of carbonyl (C=O) groups is 1. The molecule has 0 aromatic heterocycles. The quantitative estimate of drug-likeness (QED) is 0.256. The van der Waals surface area contributed by atoms with Gasteiger partial charge in [0.15, 0.2) is 6.29 Å². The zero-order valence-corrected chi connectivity index (χ0v) is 21.1. The molecule has 2 N–H and O–H groups in total. The van der Waals surface area contributed by atoms with Crippen LogP contribution in [0.1, 0.15) is 45.9 Å². The van der Waals surface area contributed by atoms with Gasteiger partial charge in [0.1, 0.15) is 0 Å². The molecule has 4 aromatic carbocycles. The molecule has 1 aliphatic heterocycles. The minimum Gasteiger partial charge on any atom is -0.392 e. The lowest BCUT2D eigenvalue weighted by Crippen LogP contribution is -2.31. The fourth-order valence-electron chi connectivity index (χ4n) is 4.25. The van der Waals surface area contributed by atoms with E-state index in [0.717, 1.165) is 28.9 Å². The van der Waals surface area contributed by atoms with Gasteiger partial charge in [0.2, 0.25) is 0 Å². The van der Waals surface area contributed by atoms with Crippen LogP contribution in [0.15, 0.2) is 114 Å². The predicted octanol–water partition coefficient (Wildman–Crippen LogP) is 6.77. The Balaban J connectivity index is 1.31. The molecule has 0 saturated carbocycles. The highest BCUT2D eigenvalue weighted by atomic mass is 32.2. The number of ether oxygens (including phenoxy) is 2. The SMILES string of the molecule is O=C(Nc1ccc([C@@H]2O[C@H](CSc3ccccc3)C[C@H](c3ccc(CO)cc3)O2)cc1)c1ccccc1. The summed E-state index contributed by atoms with van der Waals surface area (Å²) in [5.41, 5.74) is 4.15. The first-order chi connectivity index (χ1) is 18.2. The number of carbonyl (C=O) groups excluding carboxylic acids is 1. The van der Waals surface area contributed by atoms with Crippen LogP contribution in [0.4, 0.5) is 5.69 Å². The smallest absolute Gasteiger partial charge is 0.255 e. The van der Waals surface area contributed by atoms with Gasteiger partial charge in [-0.05, 0) is 47.5 Å². The highest BCUT2D eigenvalue weighted by molar-refractivity contribution is 7.99. The van der Waals surface area contributed by atoms with Crippen LogP contribution in [0, 0.1) is 0 Å². The number of amides is 1. The minimum atomic E-state index is -0.531. The van der Waals surface area contributed by atoms with Crippen LogP contribution in [-0.2, 0) is 16.1 Å². The topological polar surface area (TPSA) is 67.8 Å². The molecule has 1 heterocycles. The minimum absolute atomic E-state index is 0.0102. The largest absolute Gasteiger partial charge is 0.392 e. The molecule has 5 nitrogen and oxygen atoms in total. The lowest BCUT2D eigenvalue weighted by Gasteiger charge is -2.36. The molecule has 0 unspecified atom stereocenters. The third kappa shape index (κ3) is 6.67. The van der Waals surface area contributed by atoms with Gasteiger partial charge in [-0.3, -0.25) is 4.79 Å². The van der Waals surface area contributed by atoms with Crippen LogP contribution in [0.2, 0.25) is 0 Å². The van der Waals surface area contributed by atoms with Crippen LogP contribution in [-0.4, -0.2) is 22.9 Å². The second-order valence-corrected chi connectivity index (χ2v) is 10.0. The Kier molecular flexibility index (Phi) is 8.33. The number of thioether (sulfide) groups is 1. The second-order valence-electron chi connectivity index (χ2n) is 8.92. The monoisotopic (exact) mass is 511 g/mol. The van der Waals surface area contributed by atoms with Crippen LogP contribution in [0.25, 0.3) is 0 Å². The van der Waals surface area contributed by atoms with Gasteiger partial charge >= 0.3 is 0 Å². The number of aliphatic hydroxyl groups is 1. The van der Waals surface area contributed by atoms with Crippen molar-refractivity contribution < 1.29 is 19.4 Å². The van der Waals surface area contributed by atoms with E-state index in [4.69, 9.17) is 9.47 Å². The highest BCUT2D eigenvalue weighted by Crippen LogP contribution is 2.39. The van der Waals surface area contributed by atoms with E-state index in [1.165, 1.54) is 4.90 Å². The van der Waals surface area contributed by atoms with Crippen LogP contribution < -0.4 is 5.32 Å². The average molecular weight is 512 g/mol. The number of rotatable bonds is 8. The first kappa shape index (κ1) is 25.2. The maximum Gasteiger partial charge on any atom is 0.255 e. The molecule has 5 rings (SSSR count). The summed E-state index contributed by atoms with van der Waals surface area (Å²) in [6, 6.07) is 35.0. The first-order valence-corrected chi connectivity index (χ1v) is 13.3. The lowest BCUT2D eigenvalue weighted by molar-refractivity contribution is -0.245. The Morgan fingerprint density at radius 1 is 0.811 bits per heavy atom. The summed E-state index contributed by atoms with van der Waals surface area (Å²) in [6.07, 6.45) is 0.0609. The summed E-state index contributed by atoms with van der Waals surface area (Å²) in [5, 5.41) is 12.3. The molecule has 0 spiro atoms. The van der Waals surface area contributed by atoms with Crippen molar-refractivity contribution in [2.24, 2.45) is 0 Å². The standard InChI is InChI=1S/C31H29NO4S/c33-20-22-11-13-23(14-12-22)29-19-27(21-37-28-9-5-2-6-10-28)35-31(36-29)25-15-17-26(18-16-25)32-30(34)24-7-3-1-4-8-24/h1-18,27,29,31,33H,19-21H2,(H,32,34)/t27-,29+,31+/m0/s1. The van der Waals surface area contributed by atoms with Gasteiger partial charge in [0.25, 0.3) is 5.91 Å². The molecule has 1 fully saturated rings. The average Bonchev–Trinajstić information content (AvgIpc) is 2.97. The number of anilines is 1. The van der Waals surface area contributed by atoms with Crippen molar-refractivity contribution in [3.05, 3.63) is 131 Å². The third-order valence-electron chi connectivity index (χ3n) is 6.27. The molecule has 4 aromatic rings. The van der Waals surface area contributed by atoms with Crippen LogP contribution in [0.5, 0.6) is 0 Å². The summed E-state index contributed by atoms with van der Waals surface area (Å²) in [4.78, 5) is 13.7. The maximum absolute atomic E-state index is 12.5. The summed E-state index contributed by atoms with van der Waals surface area (Å²) in [5.74, 6) is 0.656. The van der Waals surface area contributed by atoms with Gasteiger partial charge in [-0.2, -0.15) is 0 Å².